The van der Waals surface area contributed by atoms with E-state index >= 15 is 0 Å². The molecule has 25 heavy (non-hydrogen) atoms. The fourth-order valence-electron chi connectivity index (χ4n) is 2.48. The Hall–Kier alpha value is -2.40. The summed E-state index contributed by atoms with van der Waals surface area (Å²) in [6, 6.07) is 12.2. The minimum Gasteiger partial charge on any atom is -0.472 e. The maximum absolute atomic E-state index is 5.90. The van der Waals surface area contributed by atoms with E-state index in [9.17, 15) is 0 Å². The number of nitrogens with zero attached hydrogens (tertiary/aromatic N) is 2. The van der Waals surface area contributed by atoms with Gasteiger partial charge in [-0.3, -0.25) is 0 Å². The summed E-state index contributed by atoms with van der Waals surface area (Å²) in [6.45, 7) is 7.31. The molecular formula is C19H25ClN4O. The van der Waals surface area contributed by atoms with Gasteiger partial charge in [0.1, 0.15) is 11.9 Å². The summed E-state index contributed by atoms with van der Waals surface area (Å²) in [5.41, 5.74) is 13.0. The van der Waals surface area contributed by atoms with Crippen LogP contribution in [0.1, 0.15) is 20.8 Å². The van der Waals surface area contributed by atoms with Crippen molar-refractivity contribution in [2.45, 2.75) is 26.9 Å². The third kappa shape index (κ3) is 4.79. The van der Waals surface area contributed by atoms with Gasteiger partial charge in [0.05, 0.1) is 23.8 Å². The Morgan fingerprint density at radius 1 is 1.20 bits per heavy atom. The van der Waals surface area contributed by atoms with Crippen LogP contribution in [0.3, 0.4) is 0 Å². The number of anilines is 1. The number of pyridine rings is 1. The van der Waals surface area contributed by atoms with Gasteiger partial charge in [0.15, 0.2) is 5.88 Å². The number of fused-ring (bicyclic) bond motifs is 1. The van der Waals surface area contributed by atoms with Crippen LogP contribution in [0.5, 0.6) is 0 Å². The number of aromatic nitrogens is 1. The first kappa shape index (κ1) is 18.9. The van der Waals surface area contributed by atoms with E-state index in [4.69, 9.17) is 27.8 Å². The molecule has 0 saturated carbocycles. The van der Waals surface area contributed by atoms with Crippen molar-refractivity contribution in [1.82, 2.24) is 4.98 Å². The van der Waals surface area contributed by atoms with Gasteiger partial charge in [-0.1, -0.05) is 43.6 Å². The van der Waals surface area contributed by atoms with Crippen LogP contribution in [0.15, 0.2) is 59.1 Å². The highest BCUT2D eigenvalue weighted by Crippen LogP contribution is 2.24. The van der Waals surface area contributed by atoms with Gasteiger partial charge in [-0.05, 0) is 31.2 Å². The molecule has 3 rings (SSSR count). The van der Waals surface area contributed by atoms with Crippen molar-refractivity contribution in [3.63, 3.8) is 0 Å². The van der Waals surface area contributed by atoms with E-state index in [0.29, 0.717) is 5.88 Å². The van der Waals surface area contributed by atoms with E-state index in [2.05, 4.69) is 22.0 Å². The van der Waals surface area contributed by atoms with Crippen LogP contribution in [0.25, 0.3) is 10.9 Å². The van der Waals surface area contributed by atoms with Gasteiger partial charge in [0, 0.05) is 11.0 Å². The lowest BCUT2D eigenvalue weighted by atomic mass is 10.1. The molecule has 4 N–H and O–H groups in total. The van der Waals surface area contributed by atoms with Crippen molar-refractivity contribution in [2.24, 2.45) is 11.5 Å². The van der Waals surface area contributed by atoms with Crippen molar-refractivity contribution in [1.29, 1.82) is 0 Å². The summed E-state index contributed by atoms with van der Waals surface area (Å²) in [6.07, 6.45) is 1.63. The molecule has 0 spiro atoms. The first-order valence-corrected chi connectivity index (χ1v) is 8.77. The predicted molar refractivity (Wildman–Crippen MR) is 105 cm³/mol. The second-order valence-electron chi connectivity index (χ2n) is 5.58. The smallest absolute Gasteiger partial charge is 0.187 e. The second kappa shape index (κ2) is 8.62. The average Bonchev–Trinajstić information content (AvgIpc) is 2.58. The van der Waals surface area contributed by atoms with E-state index in [-0.39, 0.29) is 11.3 Å². The highest BCUT2D eigenvalue weighted by molar-refractivity contribution is 6.29. The molecule has 0 unspecified atom stereocenters. The van der Waals surface area contributed by atoms with E-state index in [1.165, 1.54) is 0 Å². The Labute approximate surface area is 153 Å². The number of allylic oxidation sites excluding steroid dienone is 2. The average molecular weight is 361 g/mol. The lowest BCUT2D eigenvalue weighted by Gasteiger charge is -2.40. The maximum Gasteiger partial charge on any atom is 0.187 e. The molecule has 5 nitrogen and oxygen atoms in total. The van der Waals surface area contributed by atoms with E-state index in [1.807, 2.05) is 45.0 Å². The number of ether oxygens (including phenoxy) is 1. The molecule has 0 bridgehead atoms. The highest BCUT2D eigenvalue weighted by Gasteiger charge is 2.30. The van der Waals surface area contributed by atoms with Crippen LogP contribution in [-0.4, -0.2) is 24.2 Å². The molecule has 1 aromatic carbocycles. The van der Waals surface area contributed by atoms with Gasteiger partial charge in [0.25, 0.3) is 0 Å². The van der Waals surface area contributed by atoms with Gasteiger partial charge in [-0.25, -0.2) is 4.98 Å². The highest BCUT2D eigenvalue weighted by atomic mass is 35.5. The molecule has 6 heteroatoms. The zero-order chi connectivity index (χ0) is 18.4. The number of hydrogen-bond acceptors (Lipinski definition) is 5. The third-order valence-electron chi connectivity index (χ3n) is 3.79. The summed E-state index contributed by atoms with van der Waals surface area (Å²) < 4.78 is 5.72. The van der Waals surface area contributed by atoms with Crippen molar-refractivity contribution >= 4 is 28.3 Å². The largest absolute Gasteiger partial charge is 0.472 e. The molecule has 2 aromatic rings. The minimum absolute atomic E-state index is 0.0446. The molecule has 1 aliphatic rings. The number of nitrogens with two attached hydrogens (primary N) is 2. The van der Waals surface area contributed by atoms with Crippen LogP contribution in [0.4, 0.5) is 5.82 Å². The Bertz CT molecular complexity index is 778. The fourth-order valence-corrected chi connectivity index (χ4v) is 2.65. The van der Waals surface area contributed by atoms with Crippen LogP contribution in [0, 0.1) is 0 Å². The standard InChI is InChI=1S/C17H19ClN4O.C2H6/c1-11(8-15(18)19)17(20)23-13-9-22(10-13)16-7-6-12-4-2-3-5-14(12)21-16;1-2/h2-8,13H,9-10,19-20H2,1H3;1-2H3/b15-8-,17-11+;. The first-order valence-electron chi connectivity index (χ1n) is 8.39. The van der Waals surface area contributed by atoms with Crippen molar-refractivity contribution in [3.8, 4) is 0 Å². The molecule has 1 aromatic heterocycles. The number of para-hydroxylation sites is 1. The predicted octanol–water partition coefficient (Wildman–Crippen LogP) is 3.70. The number of benzene rings is 1. The summed E-state index contributed by atoms with van der Waals surface area (Å²) in [7, 11) is 0. The zero-order valence-corrected chi connectivity index (χ0v) is 15.6. The van der Waals surface area contributed by atoms with Gasteiger partial charge < -0.3 is 21.1 Å². The van der Waals surface area contributed by atoms with E-state index in [0.717, 1.165) is 35.4 Å². The molecule has 1 saturated heterocycles. The van der Waals surface area contributed by atoms with Crippen LogP contribution in [0.2, 0.25) is 0 Å². The Kier molecular flexibility index (Phi) is 6.53. The number of rotatable bonds is 4. The molecule has 134 valence electrons. The fraction of sp³-hybridized carbons (Fsp3) is 0.316. The maximum atomic E-state index is 5.90. The van der Waals surface area contributed by atoms with Crippen molar-refractivity contribution < 1.29 is 4.74 Å². The molecule has 0 atom stereocenters. The Balaban J connectivity index is 0.00000109. The topological polar surface area (TPSA) is 77.4 Å². The number of hydrogen-bond donors (Lipinski definition) is 2. The third-order valence-corrected chi connectivity index (χ3v) is 3.90. The normalized spacial score (nSPS) is 15.8. The molecule has 1 fully saturated rings. The summed E-state index contributed by atoms with van der Waals surface area (Å²) >= 11 is 5.63. The Morgan fingerprint density at radius 3 is 2.56 bits per heavy atom. The van der Waals surface area contributed by atoms with Gasteiger partial charge >= 0.3 is 0 Å². The molecular weight excluding hydrogens is 336 g/mol. The molecule has 0 amide bonds. The second-order valence-corrected chi connectivity index (χ2v) is 6.02. The summed E-state index contributed by atoms with van der Waals surface area (Å²) in [5, 5.41) is 1.32. The lowest BCUT2D eigenvalue weighted by Crippen LogP contribution is -2.53. The van der Waals surface area contributed by atoms with Gasteiger partial charge in [0.2, 0.25) is 0 Å². The first-order chi connectivity index (χ1) is 12.0. The van der Waals surface area contributed by atoms with Gasteiger partial charge in [-0.2, -0.15) is 0 Å². The van der Waals surface area contributed by atoms with Crippen LogP contribution >= 0.6 is 11.6 Å². The lowest BCUT2D eigenvalue weighted by molar-refractivity contribution is 0.0869. The minimum atomic E-state index is 0.0446. The van der Waals surface area contributed by atoms with Crippen LogP contribution in [-0.2, 0) is 4.74 Å². The van der Waals surface area contributed by atoms with E-state index in [1.54, 1.807) is 6.08 Å². The summed E-state index contributed by atoms with van der Waals surface area (Å²) in [5.74, 6) is 1.30. The van der Waals surface area contributed by atoms with Gasteiger partial charge in [-0.15, -0.1) is 0 Å². The summed E-state index contributed by atoms with van der Waals surface area (Å²) in [4.78, 5) is 6.83. The molecule has 0 radical (unpaired) electrons. The molecule has 0 aliphatic carbocycles. The quantitative estimate of drug-likeness (QED) is 0.494. The SMILES string of the molecule is CC.CC(/C=C(\N)Cl)=C(/N)OC1CN(c2ccc3ccccc3n2)C1. The Morgan fingerprint density at radius 2 is 1.88 bits per heavy atom. The van der Waals surface area contributed by atoms with Crippen molar-refractivity contribution in [2.75, 3.05) is 18.0 Å². The zero-order valence-electron chi connectivity index (χ0n) is 14.9. The van der Waals surface area contributed by atoms with Crippen molar-refractivity contribution in [3.05, 3.63) is 59.1 Å². The molecule has 2 heterocycles. The monoisotopic (exact) mass is 360 g/mol. The number of halogens is 1. The molecule has 1 aliphatic heterocycles. The van der Waals surface area contributed by atoms with E-state index < -0.39 is 0 Å². The van der Waals surface area contributed by atoms with Crippen LogP contribution < -0.4 is 16.4 Å².